The zero-order valence-electron chi connectivity index (χ0n) is 17.6. The maximum atomic E-state index is 12.3. The predicted octanol–water partition coefficient (Wildman–Crippen LogP) is 4.07. The summed E-state index contributed by atoms with van der Waals surface area (Å²) in [5, 5.41) is 2.20. The summed E-state index contributed by atoms with van der Waals surface area (Å²) in [7, 11) is 5.35. The minimum Gasteiger partial charge on any atom is -0.493 e. The molecule has 1 atom stereocenters. The zero-order chi connectivity index (χ0) is 21.3. The largest absolute Gasteiger partial charge is 0.493 e. The second kappa shape index (κ2) is 8.19. The van der Waals surface area contributed by atoms with Crippen molar-refractivity contribution in [2.24, 2.45) is 5.92 Å². The Labute approximate surface area is 176 Å². The topological polar surface area (TPSA) is 49.9 Å². The molecule has 2 amide bonds. The van der Waals surface area contributed by atoms with Crippen LogP contribution in [0.1, 0.15) is 16.8 Å². The number of hydrogen-bond donors (Lipinski definition) is 0. The predicted molar refractivity (Wildman–Crippen MR) is 119 cm³/mol. The number of fused-ring (bicyclic) bond motifs is 1. The molecule has 1 unspecified atom stereocenters. The van der Waals surface area contributed by atoms with Crippen molar-refractivity contribution in [3.63, 3.8) is 0 Å². The first kappa shape index (κ1) is 20.0. The molecule has 3 aromatic rings. The third-order valence-electron chi connectivity index (χ3n) is 5.57. The van der Waals surface area contributed by atoms with Gasteiger partial charge < -0.3 is 14.5 Å². The Hall–Kier alpha value is -3.34. The molecular weight excluding hydrogens is 376 g/mol. The monoisotopic (exact) mass is 402 g/mol. The average Bonchev–Trinajstić information content (AvgIpc) is 3.08. The highest BCUT2D eigenvalue weighted by molar-refractivity contribution is 5.96. The van der Waals surface area contributed by atoms with Gasteiger partial charge in [-0.05, 0) is 52.2 Å². The Kier molecular flexibility index (Phi) is 5.44. The van der Waals surface area contributed by atoms with Crippen LogP contribution in [0.4, 0.5) is 0 Å². The molecule has 0 N–H and O–H groups in total. The molecule has 5 heteroatoms. The maximum Gasteiger partial charge on any atom is 0.253 e. The minimum atomic E-state index is -0.00501. The molecule has 0 radical (unpaired) electrons. The van der Waals surface area contributed by atoms with Crippen molar-refractivity contribution in [3.05, 3.63) is 66.2 Å². The summed E-state index contributed by atoms with van der Waals surface area (Å²) >= 11 is 0. The van der Waals surface area contributed by atoms with Gasteiger partial charge >= 0.3 is 0 Å². The van der Waals surface area contributed by atoms with Crippen molar-refractivity contribution >= 4 is 22.6 Å². The van der Waals surface area contributed by atoms with E-state index in [0.717, 1.165) is 34.2 Å². The first-order valence-electron chi connectivity index (χ1n) is 10.1. The first-order chi connectivity index (χ1) is 14.4. The second-order valence-corrected chi connectivity index (χ2v) is 8.16. The summed E-state index contributed by atoms with van der Waals surface area (Å²) in [6.45, 7) is 1.30. The Morgan fingerprint density at radius 3 is 2.50 bits per heavy atom. The molecule has 30 heavy (non-hydrogen) atoms. The highest BCUT2D eigenvalue weighted by atomic mass is 16.5. The van der Waals surface area contributed by atoms with Gasteiger partial charge in [-0.2, -0.15) is 0 Å². The number of carbonyl (C=O) groups excluding carboxylic acids is 2. The first-order valence-corrected chi connectivity index (χ1v) is 10.1. The summed E-state index contributed by atoms with van der Waals surface area (Å²) in [5.41, 5.74) is 2.76. The summed E-state index contributed by atoms with van der Waals surface area (Å²) in [5.74, 6) is 1.24. The molecule has 154 valence electrons. The summed E-state index contributed by atoms with van der Waals surface area (Å²) < 4.78 is 5.95. The fourth-order valence-corrected chi connectivity index (χ4v) is 3.87. The molecule has 3 aromatic carbocycles. The molecule has 1 saturated heterocycles. The highest BCUT2D eigenvalue weighted by Gasteiger charge is 2.27. The van der Waals surface area contributed by atoms with Crippen molar-refractivity contribution in [2.45, 2.75) is 6.42 Å². The lowest BCUT2D eigenvalue weighted by molar-refractivity contribution is -0.126. The molecule has 1 aliphatic heterocycles. The Morgan fingerprint density at radius 2 is 1.77 bits per heavy atom. The fraction of sp³-hybridized carbons (Fsp3) is 0.280. The molecule has 0 aromatic heterocycles. The zero-order valence-corrected chi connectivity index (χ0v) is 17.6. The lowest BCUT2D eigenvalue weighted by Gasteiger charge is -2.13. The number of benzene rings is 3. The van der Waals surface area contributed by atoms with Crippen LogP contribution in [-0.4, -0.2) is 55.9 Å². The lowest BCUT2D eigenvalue weighted by Crippen LogP contribution is -2.21. The summed E-state index contributed by atoms with van der Waals surface area (Å²) in [6.07, 6.45) is 0.558. The van der Waals surface area contributed by atoms with E-state index in [1.807, 2.05) is 43.4 Å². The fourth-order valence-electron chi connectivity index (χ4n) is 3.87. The molecule has 1 heterocycles. The van der Waals surface area contributed by atoms with E-state index in [2.05, 4.69) is 24.3 Å². The van der Waals surface area contributed by atoms with Gasteiger partial charge in [0.2, 0.25) is 5.91 Å². The van der Waals surface area contributed by atoms with E-state index in [4.69, 9.17) is 4.74 Å². The number of hydrogen-bond acceptors (Lipinski definition) is 3. The Morgan fingerprint density at radius 1 is 1.03 bits per heavy atom. The highest BCUT2D eigenvalue weighted by Crippen LogP contribution is 2.28. The molecule has 1 aliphatic rings. The number of likely N-dealkylation sites (tertiary alicyclic amines) is 1. The van der Waals surface area contributed by atoms with Gasteiger partial charge in [0.1, 0.15) is 5.75 Å². The van der Waals surface area contributed by atoms with Crippen molar-refractivity contribution in [1.82, 2.24) is 9.80 Å². The van der Waals surface area contributed by atoms with Gasteiger partial charge in [0, 0.05) is 45.6 Å². The van der Waals surface area contributed by atoms with E-state index < -0.39 is 0 Å². The van der Waals surface area contributed by atoms with Crippen molar-refractivity contribution in [2.75, 3.05) is 34.3 Å². The van der Waals surface area contributed by atoms with Crippen molar-refractivity contribution < 1.29 is 14.3 Å². The van der Waals surface area contributed by atoms with E-state index in [-0.39, 0.29) is 17.7 Å². The van der Waals surface area contributed by atoms with Crippen LogP contribution in [0, 0.1) is 5.92 Å². The van der Waals surface area contributed by atoms with Crippen LogP contribution in [0.3, 0.4) is 0 Å². The van der Waals surface area contributed by atoms with Crippen molar-refractivity contribution in [1.29, 1.82) is 0 Å². The Balaban J connectivity index is 1.52. The van der Waals surface area contributed by atoms with Gasteiger partial charge in [0.25, 0.3) is 5.91 Å². The van der Waals surface area contributed by atoms with Crippen LogP contribution in [0.25, 0.3) is 21.9 Å². The SMILES string of the molecule is CN(C)C(=O)c1cccc(-c2ccc3cc(OCC4CC(=O)N(C)C4)ccc3c2)c1. The summed E-state index contributed by atoms with van der Waals surface area (Å²) in [4.78, 5) is 27.3. The van der Waals surface area contributed by atoms with E-state index >= 15 is 0 Å². The van der Waals surface area contributed by atoms with Gasteiger partial charge in [0.15, 0.2) is 0 Å². The minimum absolute atomic E-state index is 0.00501. The molecule has 0 saturated carbocycles. The quantitative estimate of drug-likeness (QED) is 0.647. The van der Waals surface area contributed by atoms with E-state index in [1.165, 1.54) is 0 Å². The second-order valence-electron chi connectivity index (χ2n) is 8.16. The van der Waals surface area contributed by atoms with Crippen LogP contribution in [-0.2, 0) is 4.79 Å². The molecule has 0 bridgehead atoms. The number of amides is 2. The third-order valence-corrected chi connectivity index (χ3v) is 5.57. The average molecular weight is 402 g/mol. The van der Waals surface area contributed by atoms with E-state index in [9.17, 15) is 9.59 Å². The standard InChI is InChI=1S/C25H26N2O3/c1-26(2)25(29)22-6-4-5-18(13-22)19-7-8-21-14-23(10-9-20(21)12-19)30-16-17-11-24(28)27(3)15-17/h4-10,12-14,17H,11,15-16H2,1-3H3. The number of nitrogens with zero attached hydrogens (tertiary/aromatic N) is 2. The summed E-state index contributed by atoms with van der Waals surface area (Å²) in [6, 6.07) is 20.0. The number of carbonyl (C=O) groups is 2. The van der Waals surface area contributed by atoms with Crippen LogP contribution in [0.15, 0.2) is 60.7 Å². The van der Waals surface area contributed by atoms with Crippen LogP contribution in [0.5, 0.6) is 5.75 Å². The van der Waals surface area contributed by atoms with E-state index in [0.29, 0.717) is 18.6 Å². The van der Waals surface area contributed by atoms with Crippen LogP contribution in [0.2, 0.25) is 0 Å². The smallest absolute Gasteiger partial charge is 0.253 e. The maximum absolute atomic E-state index is 12.3. The van der Waals surface area contributed by atoms with Gasteiger partial charge in [-0.3, -0.25) is 9.59 Å². The van der Waals surface area contributed by atoms with Crippen LogP contribution >= 0.6 is 0 Å². The van der Waals surface area contributed by atoms with Gasteiger partial charge in [-0.25, -0.2) is 0 Å². The number of ether oxygens (including phenoxy) is 1. The van der Waals surface area contributed by atoms with E-state index in [1.54, 1.807) is 23.9 Å². The Bertz CT molecular complexity index is 1110. The molecular formula is C25H26N2O3. The molecule has 0 spiro atoms. The van der Waals surface area contributed by atoms with Gasteiger partial charge in [0.05, 0.1) is 6.61 Å². The van der Waals surface area contributed by atoms with Gasteiger partial charge in [-0.1, -0.05) is 30.3 Å². The normalized spacial score (nSPS) is 16.2. The lowest BCUT2D eigenvalue weighted by atomic mass is 9.99. The number of rotatable bonds is 5. The molecule has 1 fully saturated rings. The van der Waals surface area contributed by atoms with Crippen molar-refractivity contribution in [3.8, 4) is 16.9 Å². The molecule has 5 nitrogen and oxygen atoms in total. The molecule has 0 aliphatic carbocycles. The third kappa shape index (κ3) is 4.15. The van der Waals surface area contributed by atoms with Crippen LogP contribution < -0.4 is 4.74 Å². The van der Waals surface area contributed by atoms with Gasteiger partial charge in [-0.15, -0.1) is 0 Å². The molecule has 4 rings (SSSR count).